The number of aromatic carboxylic acids is 1. The number of allylic oxidation sites excluding steroid dienone is 12. The Morgan fingerprint density at radius 1 is 0.636 bits per heavy atom. The number of hydrogen-bond donors (Lipinski definition) is 1. The molecule has 0 saturated heterocycles. The maximum absolute atomic E-state index is 11.5. The molecule has 6 nitrogen and oxygen atoms in total. The zero-order valence-corrected chi connectivity index (χ0v) is 17.3. The Hall–Kier alpha value is -4.71. The van der Waals surface area contributed by atoms with Gasteiger partial charge in [0.1, 0.15) is 0 Å². The fraction of sp³-hybridized carbons (Fsp3) is 0. The molecule has 33 heavy (non-hydrogen) atoms. The highest BCUT2D eigenvalue weighted by molar-refractivity contribution is 6.19. The molecule has 0 aromatic heterocycles. The van der Waals surface area contributed by atoms with E-state index < -0.39 is 5.97 Å². The third-order valence-electron chi connectivity index (χ3n) is 5.46. The number of fused-ring (bicyclic) bond motifs is 4. The van der Waals surface area contributed by atoms with E-state index in [2.05, 4.69) is 15.0 Å². The summed E-state index contributed by atoms with van der Waals surface area (Å²) in [4.78, 5) is 30.2. The lowest BCUT2D eigenvalue weighted by molar-refractivity contribution is 0.0697. The van der Waals surface area contributed by atoms with Crippen molar-refractivity contribution in [3.05, 3.63) is 125 Å². The molecule has 0 unspecified atom stereocenters. The van der Waals surface area contributed by atoms with Gasteiger partial charge >= 0.3 is 5.97 Å². The highest BCUT2D eigenvalue weighted by atomic mass is 16.4. The van der Waals surface area contributed by atoms with Crippen LogP contribution in [0.5, 0.6) is 0 Å². The van der Waals surface area contributed by atoms with Crippen molar-refractivity contribution in [1.82, 2.24) is 0 Å². The van der Waals surface area contributed by atoms with E-state index in [1.54, 1.807) is 18.2 Å². The predicted octanol–water partition coefficient (Wildman–Crippen LogP) is 4.80. The number of carbonyl (C=O) groups is 1. The summed E-state index contributed by atoms with van der Waals surface area (Å²) in [6, 6.07) is 6.86. The monoisotopic (exact) mass is 428 g/mol. The number of carboxylic acids is 1. The predicted molar refractivity (Wildman–Crippen MR) is 131 cm³/mol. The Bertz CT molecular complexity index is 1510. The van der Waals surface area contributed by atoms with Crippen molar-refractivity contribution >= 4 is 34.4 Å². The number of rotatable bonds is 2. The van der Waals surface area contributed by atoms with Crippen molar-refractivity contribution in [3.63, 3.8) is 0 Å². The van der Waals surface area contributed by atoms with Crippen LogP contribution in [0.25, 0.3) is 5.57 Å². The normalized spacial score (nSPS) is 19.8. The van der Waals surface area contributed by atoms with Crippen LogP contribution in [0.1, 0.15) is 15.9 Å². The molecular weight excluding hydrogens is 412 g/mol. The topological polar surface area (TPSA) is 86.7 Å². The number of benzene rings is 1. The Kier molecular flexibility index (Phi) is 4.30. The number of hydrogen-bond acceptors (Lipinski definition) is 5. The maximum atomic E-state index is 11.5. The second kappa shape index (κ2) is 7.46. The van der Waals surface area contributed by atoms with E-state index in [0.717, 1.165) is 51.1 Å². The number of carboxylic acid groups (broad SMARTS) is 1. The molecule has 0 spiro atoms. The number of nitrogens with zero attached hydrogens (tertiary/aromatic N) is 4. The molecule has 5 aliphatic heterocycles. The summed E-state index contributed by atoms with van der Waals surface area (Å²) >= 11 is 0. The first-order valence-electron chi connectivity index (χ1n) is 10.4. The molecule has 0 saturated carbocycles. The van der Waals surface area contributed by atoms with Crippen LogP contribution >= 0.6 is 0 Å². The smallest absolute Gasteiger partial charge is 0.335 e. The second-order valence-electron chi connectivity index (χ2n) is 7.83. The van der Waals surface area contributed by atoms with E-state index >= 15 is 0 Å². The van der Waals surface area contributed by atoms with Crippen LogP contribution in [0.15, 0.2) is 134 Å². The van der Waals surface area contributed by atoms with Crippen molar-refractivity contribution in [1.29, 1.82) is 0 Å². The van der Waals surface area contributed by atoms with Gasteiger partial charge in [0.2, 0.25) is 0 Å². The fourth-order valence-electron chi connectivity index (χ4n) is 3.95. The van der Waals surface area contributed by atoms with Crippen LogP contribution in [-0.4, -0.2) is 33.9 Å². The van der Waals surface area contributed by atoms with Gasteiger partial charge in [-0.2, -0.15) is 0 Å². The molecule has 1 aromatic rings. The molecule has 1 N–H and O–H groups in total. The van der Waals surface area contributed by atoms with E-state index in [1.165, 1.54) is 0 Å². The van der Waals surface area contributed by atoms with Crippen molar-refractivity contribution in [2.24, 2.45) is 20.0 Å². The summed E-state index contributed by atoms with van der Waals surface area (Å²) in [5.41, 5.74) is 8.14. The van der Waals surface area contributed by atoms with Gasteiger partial charge in [-0.15, -0.1) is 0 Å². The minimum atomic E-state index is -0.967. The lowest BCUT2D eigenvalue weighted by Crippen LogP contribution is -1.97. The van der Waals surface area contributed by atoms with Gasteiger partial charge < -0.3 is 5.11 Å². The molecule has 0 fully saturated rings. The summed E-state index contributed by atoms with van der Waals surface area (Å²) in [5, 5.41) is 9.42. The van der Waals surface area contributed by atoms with E-state index in [1.807, 2.05) is 72.9 Å². The fourth-order valence-corrected chi connectivity index (χ4v) is 3.95. The van der Waals surface area contributed by atoms with Gasteiger partial charge in [-0.05, 0) is 84.5 Å². The summed E-state index contributed by atoms with van der Waals surface area (Å²) < 4.78 is 0. The van der Waals surface area contributed by atoms with Crippen molar-refractivity contribution < 1.29 is 9.90 Å². The summed E-state index contributed by atoms with van der Waals surface area (Å²) in [6.07, 6.45) is 21.3. The Labute approximate surface area is 189 Å². The first-order chi connectivity index (χ1) is 16.1. The molecule has 6 heteroatoms. The van der Waals surface area contributed by atoms with Gasteiger partial charge in [-0.1, -0.05) is 12.1 Å². The molecule has 0 amide bonds. The summed E-state index contributed by atoms with van der Waals surface area (Å²) in [7, 11) is 0. The first kappa shape index (κ1) is 19.0. The van der Waals surface area contributed by atoms with Crippen molar-refractivity contribution in [2.75, 3.05) is 0 Å². The molecule has 5 aliphatic rings. The SMILES string of the molecule is O=C(O)c1cccc(C2=CC3=NC2=CC2=NC(=CC4=NC(=CC5=NC(=C3)C=C5)C=C4)C=C2)c1. The highest BCUT2D eigenvalue weighted by Crippen LogP contribution is 2.31. The maximum Gasteiger partial charge on any atom is 0.335 e. The highest BCUT2D eigenvalue weighted by Gasteiger charge is 2.19. The van der Waals surface area contributed by atoms with Gasteiger partial charge in [0.05, 0.1) is 51.2 Å². The third-order valence-corrected chi connectivity index (χ3v) is 5.46. The molecule has 0 radical (unpaired) electrons. The third kappa shape index (κ3) is 3.74. The summed E-state index contributed by atoms with van der Waals surface area (Å²) in [5.74, 6) is -0.967. The van der Waals surface area contributed by atoms with Crippen LogP contribution < -0.4 is 0 Å². The molecule has 1 aromatic carbocycles. The van der Waals surface area contributed by atoms with Gasteiger partial charge in [0, 0.05) is 5.57 Å². The Morgan fingerprint density at radius 2 is 1.21 bits per heavy atom. The van der Waals surface area contributed by atoms with Crippen molar-refractivity contribution in [3.8, 4) is 0 Å². The molecular formula is C27H16N4O2. The lowest BCUT2D eigenvalue weighted by atomic mass is 10.00. The van der Waals surface area contributed by atoms with Crippen LogP contribution in [0.4, 0.5) is 0 Å². The molecule has 6 rings (SSSR count). The average Bonchev–Trinajstić information content (AvgIpc) is 3.59. The van der Waals surface area contributed by atoms with Crippen LogP contribution in [0.2, 0.25) is 0 Å². The first-order valence-corrected chi connectivity index (χ1v) is 10.4. The minimum absolute atomic E-state index is 0.228. The van der Waals surface area contributed by atoms with Gasteiger partial charge in [-0.25, -0.2) is 24.8 Å². The molecule has 0 aliphatic carbocycles. The molecule has 156 valence electrons. The van der Waals surface area contributed by atoms with Crippen molar-refractivity contribution in [2.45, 2.75) is 0 Å². The second-order valence-corrected chi connectivity index (χ2v) is 7.83. The largest absolute Gasteiger partial charge is 0.478 e. The number of aliphatic imine (C=N–C) groups is 4. The zero-order chi connectivity index (χ0) is 22.4. The zero-order valence-electron chi connectivity index (χ0n) is 17.3. The summed E-state index contributed by atoms with van der Waals surface area (Å²) in [6.45, 7) is 0. The van der Waals surface area contributed by atoms with Gasteiger partial charge in [0.25, 0.3) is 0 Å². The quantitative estimate of drug-likeness (QED) is 0.733. The van der Waals surface area contributed by atoms with Crippen LogP contribution in [0.3, 0.4) is 0 Å². The van der Waals surface area contributed by atoms with E-state index in [0.29, 0.717) is 5.70 Å². The molecule has 0 atom stereocenters. The van der Waals surface area contributed by atoms with Crippen LogP contribution in [0, 0.1) is 0 Å². The standard InChI is InChI=1S/C27H16N4O2/c32-27(33)17-3-1-2-16(10-17)25-14-24-13-22-7-6-20(29-22)11-18-4-5-19(28-18)12-21-8-9-23(30-21)15-26(25)31-24/h1-15H,(H,32,33). The molecule has 5 heterocycles. The van der Waals surface area contributed by atoms with E-state index in [9.17, 15) is 9.90 Å². The van der Waals surface area contributed by atoms with E-state index in [4.69, 9.17) is 4.99 Å². The average molecular weight is 428 g/mol. The Morgan fingerprint density at radius 3 is 1.82 bits per heavy atom. The van der Waals surface area contributed by atoms with Crippen LogP contribution in [-0.2, 0) is 0 Å². The van der Waals surface area contributed by atoms with Gasteiger partial charge in [0.15, 0.2) is 0 Å². The molecule has 8 bridgehead atoms. The van der Waals surface area contributed by atoms with Gasteiger partial charge in [-0.3, -0.25) is 0 Å². The van der Waals surface area contributed by atoms with E-state index in [-0.39, 0.29) is 5.56 Å². The Balaban J connectivity index is 1.50. The lowest BCUT2D eigenvalue weighted by Gasteiger charge is -2.05. The minimum Gasteiger partial charge on any atom is -0.478 e.